The molecule has 4 nitrogen and oxygen atoms in total. The van der Waals surface area contributed by atoms with E-state index in [9.17, 15) is 4.79 Å². The number of nitrogens with one attached hydrogen (secondary N) is 1. The molecule has 0 aromatic heterocycles. The van der Waals surface area contributed by atoms with Crippen LogP contribution in [-0.2, 0) is 0 Å². The molecule has 0 aliphatic heterocycles. The second-order valence-electron chi connectivity index (χ2n) is 4.37. The number of benzene rings is 1. The Bertz CT molecular complexity index is 370. The number of nitrogens with two attached hydrogens (primary N) is 1. The molecule has 0 atom stereocenters. The minimum atomic E-state index is -0.419. The van der Waals surface area contributed by atoms with Gasteiger partial charge in [-0.1, -0.05) is 12.1 Å². The molecule has 0 aliphatic rings. The summed E-state index contributed by atoms with van der Waals surface area (Å²) in [6.07, 6.45) is 0. The number of ether oxygens (including phenoxy) is 1. The van der Waals surface area contributed by atoms with Crippen LogP contribution < -0.4 is 15.8 Å². The molecule has 4 heteroatoms. The van der Waals surface area contributed by atoms with Gasteiger partial charge in [0.05, 0.1) is 12.7 Å². The Morgan fingerprint density at radius 3 is 2.62 bits per heavy atom. The second kappa shape index (κ2) is 4.99. The Labute approximate surface area is 95.8 Å². The third-order valence-corrected chi connectivity index (χ3v) is 2.06. The molecule has 0 heterocycles. The summed E-state index contributed by atoms with van der Waals surface area (Å²) in [5.74, 6) is 0.394. The molecule has 1 aromatic rings. The maximum atomic E-state index is 11.8. The van der Waals surface area contributed by atoms with Crippen LogP contribution >= 0.6 is 0 Å². The van der Waals surface area contributed by atoms with E-state index in [1.165, 1.54) is 0 Å². The molecular weight excluding hydrogens is 204 g/mol. The highest BCUT2D eigenvalue weighted by Crippen LogP contribution is 2.16. The Kier molecular flexibility index (Phi) is 3.90. The molecule has 0 bridgehead atoms. The van der Waals surface area contributed by atoms with Gasteiger partial charge < -0.3 is 15.8 Å². The van der Waals surface area contributed by atoms with Gasteiger partial charge in [-0.2, -0.15) is 0 Å². The summed E-state index contributed by atoms with van der Waals surface area (Å²) in [5, 5.41) is 2.77. The fraction of sp³-hybridized carbons (Fsp3) is 0.417. The van der Waals surface area contributed by atoms with E-state index in [4.69, 9.17) is 10.5 Å². The van der Waals surface area contributed by atoms with Crippen molar-refractivity contribution in [3.63, 3.8) is 0 Å². The maximum Gasteiger partial charge on any atom is 0.255 e. The number of hydrogen-bond donors (Lipinski definition) is 2. The summed E-state index contributed by atoms with van der Waals surface area (Å²) in [6.45, 7) is 4.13. The van der Waals surface area contributed by atoms with Crippen molar-refractivity contribution in [2.24, 2.45) is 5.73 Å². The number of para-hydroxylation sites is 1. The Hall–Kier alpha value is -1.55. The van der Waals surface area contributed by atoms with Crippen LogP contribution in [0, 0.1) is 0 Å². The van der Waals surface area contributed by atoms with Crippen LogP contribution in [0.5, 0.6) is 5.75 Å². The van der Waals surface area contributed by atoms with E-state index in [2.05, 4.69) is 5.32 Å². The third-order valence-electron chi connectivity index (χ3n) is 2.06. The van der Waals surface area contributed by atoms with Gasteiger partial charge >= 0.3 is 0 Å². The van der Waals surface area contributed by atoms with Crippen molar-refractivity contribution in [2.75, 3.05) is 13.7 Å². The molecule has 88 valence electrons. The van der Waals surface area contributed by atoms with Gasteiger partial charge in [0.1, 0.15) is 5.75 Å². The van der Waals surface area contributed by atoms with Crippen LogP contribution in [0.15, 0.2) is 24.3 Å². The number of hydrogen-bond acceptors (Lipinski definition) is 3. The third kappa shape index (κ3) is 3.55. The van der Waals surface area contributed by atoms with Gasteiger partial charge in [0, 0.05) is 12.1 Å². The molecule has 3 N–H and O–H groups in total. The van der Waals surface area contributed by atoms with Gasteiger partial charge in [-0.25, -0.2) is 0 Å². The molecule has 0 aliphatic carbocycles. The van der Waals surface area contributed by atoms with E-state index >= 15 is 0 Å². The van der Waals surface area contributed by atoms with Crippen molar-refractivity contribution in [3.05, 3.63) is 29.8 Å². The number of rotatable bonds is 4. The molecule has 1 amide bonds. The first kappa shape index (κ1) is 12.5. The van der Waals surface area contributed by atoms with Crippen LogP contribution in [-0.4, -0.2) is 25.1 Å². The van der Waals surface area contributed by atoms with Crippen molar-refractivity contribution in [2.45, 2.75) is 19.4 Å². The lowest BCUT2D eigenvalue weighted by Gasteiger charge is -2.19. The van der Waals surface area contributed by atoms with Crippen LogP contribution in [0.2, 0.25) is 0 Å². The SMILES string of the molecule is COc1ccccc1C(=O)NCC(C)(C)N. The summed E-state index contributed by atoms with van der Waals surface area (Å²) in [7, 11) is 1.54. The first-order valence-electron chi connectivity index (χ1n) is 5.14. The van der Waals surface area contributed by atoms with E-state index in [0.29, 0.717) is 17.9 Å². The van der Waals surface area contributed by atoms with E-state index in [1.54, 1.807) is 25.3 Å². The minimum absolute atomic E-state index is 0.170. The van der Waals surface area contributed by atoms with E-state index in [0.717, 1.165) is 0 Å². The summed E-state index contributed by atoms with van der Waals surface area (Å²) < 4.78 is 5.11. The molecule has 16 heavy (non-hydrogen) atoms. The van der Waals surface area contributed by atoms with Gasteiger partial charge in [-0.3, -0.25) is 4.79 Å². The average Bonchev–Trinajstić information content (AvgIpc) is 2.25. The van der Waals surface area contributed by atoms with Gasteiger partial charge in [0.2, 0.25) is 0 Å². The zero-order chi connectivity index (χ0) is 12.2. The predicted octanol–water partition coefficient (Wildman–Crippen LogP) is 1.16. The highest BCUT2D eigenvalue weighted by Gasteiger charge is 2.15. The van der Waals surface area contributed by atoms with Crippen molar-refractivity contribution < 1.29 is 9.53 Å². The lowest BCUT2D eigenvalue weighted by atomic mass is 10.1. The summed E-state index contributed by atoms with van der Waals surface area (Å²) in [4.78, 5) is 11.8. The Morgan fingerprint density at radius 1 is 1.44 bits per heavy atom. The molecule has 0 radical (unpaired) electrons. The van der Waals surface area contributed by atoms with Crippen LogP contribution in [0.3, 0.4) is 0 Å². The van der Waals surface area contributed by atoms with Crippen molar-refractivity contribution in [3.8, 4) is 5.75 Å². The largest absolute Gasteiger partial charge is 0.496 e. The predicted molar refractivity (Wildman–Crippen MR) is 63.6 cm³/mol. The standard InChI is InChI=1S/C12H18N2O2/c1-12(2,13)8-14-11(15)9-6-4-5-7-10(9)16-3/h4-7H,8,13H2,1-3H3,(H,14,15). The lowest BCUT2D eigenvalue weighted by molar-refractivity contribution is 0.0943. The number of carbonyl (C=O) groups is 1. The highest BCUT2D eigenvalue weighted by atomic mass is 16.5. The average molecular weight is 222 g/mol. The molecule has 0 saturated heterocycles. The summed E-state index contributed by atoms with van der Waals surface area (Å²) >= 11 is 0. The zero-order valence-electron chi connectivity index (χ0n) is 9.91. The molecule has 0 unspecified atom stereocenters. The maximum absolute atomic E-state index is 11.8. The molecule has 0 fully saturated rings. The molecular formula is C12H18N2O2. The highest BCUT2D eigenvalue weighted by molar-refractivity contribution is 5.96. The molecule has 1 rings (SSSR count). The fourth-order valence-electron chi connectivity index (χ4n) is 1.24. The second-order valence-corrected chi connectivity index (χ2v) is 4.37. The van der Waals surface area contributed by atoms with Gasteiger partial charge in [-0.15, -0.1) is 0 Å². The monoisotopic (exact) mass is 222 g/mol. The van der Waals surface area contributed by atoms with Crippen molar-refractivity contribution >= 4 is 5.91 Å². The van der Waals surface area contributed by atoms with Crippen LogP contribution in [0.4, 0.5) is 0 Å². The molecule has 0 saturated carbocycles. The lowest BCUT2D eigenvalue weighted by Crippen LogP contribution is -2.45. The topological polar surface area (TPSA) is 64.3 Å². The molecule has 1 aromatic carbocycles. The van der Waals surface area contributed by atoms with Gasteiger partial charge in [-0.05, 0) is 26.0 Å². The van der Waals surface area contributed by atoms with Crippen molar-refractivity contribution in [1.29, 1.82) is 0 Å². The minimum Gasteiger partial charge on any atom is -0.496 e. The smallest absolute Gasteiger partial charge is 0.255 e. The zero-order valence-corrected chi connectivity index (χ0v) is 9.91. The van der Waals surface area contributed by atoms with E-state index < -0.39 is 5.54 Å². The quantitative estimate of drug-likeness (QED) is 0.803. The number of amides is 1. The molecule has 0 spiro atoms. The van der Waals surface area contributed by atoms with Gasteiger partial charge in [0.15, 0.2) is 0 Å². The number of carbonyl (C=O) groups excluding carboxylic acids is 1. The van der Waals surface area contributed by atoms with Gasteiger partial charge in [0.25, 0.3) is 5.91 Å². The Morgan fingerprint density at radius 2 is 2.06 bits per heavy atom. The first-order valence-corrected chi connectivity index (χ1v) is 5.14. The van der Waals surface area contributed by atoms with Crippen LogP contribution in [0.1, 0.15) is 24.2 Å². The first-order chi connectivity index (χ1) is 7.44. The fourth-order valence-corrected chi connectivity index (χ4v) is 1.24. The summed E-state index contributed by atoms with van der Waals surface area (Å²) in [6, 6.07) is 7.09. The normalized spacial score (nSPS) is 11.0. The summed E-state index contributed by atoms with van der Waals surface area (Å²) in [5.41, 5.74) is 5.89. The van der Waals surface area contributed by atoms with Crippen molar-refractivity contribution in [1.82, 2.24) is 5.32 Å². The van der Waals surface area contributed by atoms with E-state index in [-0.39, 0.29) is 5.91 Å². The number of methoxy groups -OCH3 is 1. The Balaban J connectivity index is 2.73. The van der Waals surface area contributed by atoms with E-state index in [1.807, 2.05) is 19.9 Å². The van der Waals surface area contributed by atoms with Crippen LogP contribution in [0.25, 0.3) is 0 Å².